The lowest BCUT2D eigenvalue weighted by Gasteiger charge is -2.13. The molecule has 0 saturated carbocycles. The fraction of sp³-hybridized carbons (Fsp3) is 0.263. The molecule has 138 valence electrons. The highest BCUT2D eigenvalue weighted by atomic mass is 35.5. The van der Waals surface area contributed by atoms with Gasteiger partial charge in [-0.15, -0.1) is 11.8 Å². The van der Waals surface area contributed by atoms with Crippen LogP contribution in [0.2, 0.25) is 5.02 Å². The molecule has 5 nitrogen and oxygen atoms in total. The number of nitrogens with one attached hydrogen (secondary N) is 2. The van der Waals surface area contributed by atoms with Crippen LogP contribution in [0, 0.1) is 0 Å². The molecular weight excluding hydrogens is 372 g/mol. The standard InChI is InChI=1S/C19H21ClN2O3S/c1-3-17(25-2)19(24)22-21-18(23)14-6-4-13(5-7-14)12-26-16-10-8-15(20)9-11-16/h4-11,17H,3,12H2,1-2H3,(H,21,23)(H,22,24). The van der Waals surface area contributed by atoms with E-state index in [0.717, 1.165) is 16.2 Å². The molecule has 0 aliphatic rings. The van der Waals surface area contributed by atoms with Crippen molar-refractivity contribution in [3.05, 3.63) is 64.7 Å². The smallest absolute Gasteiger partial charge is 0.269 e. The number of amides is 2. The Morgan fingerprint density at radius 3 is 2.31 bits per heavy atom. The molecular formula is C19H21ClN2O3S. The molecule has 0 saturated heterocycles. The number of thioether (sulfide) groups is 1. The molecule has 0 spiro atoms. The van der Waals surface area contributed by atoms with Gasteiger partial charge in [-0.05, 0) is 48.4 Å². The van der Waals surface area contributed by atoms with Gasteiger partial charge in [0.05, 0.1) is 0 Å². The van der Waals surface area contributed by atoms with Gasteiger partial charge in [0, 0.05) is 28.3 Å². The Bertz CT molecular complexity index is 731. The van der Waals surface area contributed by atoms with Crippen LogP contribution < -0.4 is 10.9 Å². The maximum absolute atomic E-state index is 12.1. The van der Waals surface area contributed by atoms with Gasteiger partial charge in [0.2, 0.25) is 0 Å². The third-order valence-corrected chi connectivity index (χ3v) is 5.02. The SMILES string of the molecule is CCC(OC)C(=O)NNC(=O)c1ccc(CSc2ccc(Cl)cc2)cc1. The topological polar surface area (TPSA) is 67.4 Å². The second kappa shape index (κ2) is 10.2. The molecule has 2 rings (SSSR count). The van der Waals surface area contributed by atoms with Crippen LogP contribution in [0.1, 0.15) is 29.3 Å². The van der Waals surface area contributed by atoms with Crippen LogP contribution in [0.15, 0.2) is 53.4 Å². The van der Waals surface area contributed by atoms with E-state index in [-0.39, 0.29) is 11.8 Å². The minimum Gasteiger partial charge on any atom is -0.372 e. The molecule has 2 aromatic carbocycles. The molecule has 2 N–H and O–H groups in total. The summed E-state index contributed by atoms with van der Waals surface area (Å²) in [7, 11) is 1.45. The molecule has 2 amide bonds. The highest BCUT2D eigenvalue weighted by molar-refractivity contribution is 7.98. The van der Waals surface area contributed by atoms with E-state index in [1.807, 2.05) is 43.3 Å². The first-order valence-corrected chi connectivity index (χ1v) is 9.50. The molecule has 0 fully saturated rings. The Balaban J connectivity index is 1.85. The summed E-state index contributed by atoms with van der Waals surface area (Å²) in [5.41, 5.74) is 6.33. The van der Waals surface area contributed by atoms with E-state index in [1.165, 1.54) is 7.11 Å². The zero-order chi connectivity index (χ0) is 18.9. The quantitative estimate of drug-likeness (QED) is 0.555. The van der Waals surface area contributed by atoms with Crippen molar-refractivity contribution in [1.29, 1.82) is 0 Å². The lowest BCUT2D eigenvalue weighted by atomic mass is 10.1. The van der Waals surface area contributed by atoms with Gasteiger partial charge in [0.15, 0.2) is 0 Å². The second-order valence-electron chi connectivity index (χ2n) is 5.52. The average Bonchev–Trinajstić information content (AvgIpc) is 2.67. The van der Waals surface area contributed by atoms with E-state index in [0.29, 0.717) is 17.0 Å². The molecule has 0 aliphatic heterocycles. The number of halogens is 1. The van der Waals surface area contributed by atoms with E-state index in [1.54, 1.807) is 23.9 Å². The lowest BCUT2D eigenvalue weighted by Crippen LogP contribution is -2.46. The van der Waals surface area contributed by atoms with Crippen LogP contribution in [-0.4, -0.2) is 25.0 Å². The van der Waals surface area contributed by atoms with E-state index in [4.69, 9.17) is 16.3 Å². The maximum atomic E-state index is 12.1. The van der Waals surface area contributed by atoms with Gasteiger partial charge >= 0.3 is 0 Å². The first-order chi connectivity index (χ1) is 12.5. The van der Waals surface area contributed by atoms with E-state index >= 15 is 0 Å². The fourth-order valence-electron chi connectivity index (χ4n) is 2.18. The summed E-state index contributed by atoms with van der Waals surface area (Å²) in [5.74, 6) is 0.0345. The third-order valence-electron chi connectivity index (χ3n) is 3.68. The summed E-state index contributed by atoms with van der Waals surface area (Å²) < 4.78 is 5.01. The van der Waals surface area contributed by atoms with Crippen LogP contribution in [-0.2, 0) is 15.3 Å². The zero-order valence-corrected chi connectivity index (χ0v) is 16.2. The number of carbonyl (C=O) groups is 2. The molecule has 1 atom stereocenters. The summed E-state index contributed by atoms with van der Waals surface area (Å²) in [6, 6.07) is 14.9. The highest BCUT2D eigenvalue weighted by Gasteiger charge is 2.16. The van der Waals surface area contributed by atoms with Crippen LogP contribution in [0.3, 0.4) is 0 Å². The normalized spacial score (nSPS) is 11.7. The Hall–Kier alpha value is -2.02. The average molecular weight is 393 g/mol. The number of hydrogen-bond donors (Lipinski definition) is 2. The number of benzene rings is 2. The number of rotatable bonds is 7. The van der Waals surface area contributed by atoms with Gasteiger partial charge in [0.25, 0.3) is 11.8 Å². The molecule has 2 aromatic rings. The minimum absolute atomic E-state index is 0.374. The number of methoxy groups -OCH3 is 1. The molecule has 0 bridgehead atoms. The van der Waals surface area contributed by atoms with Crippen molar-refractivity contribution < 1.29 is 14.3 Å². The van der Waals surface area contributed by atoms with Gasteiger partial charge < -0.3 is 4.74 Å². The van der Waals surface area contributed by atoms with Crippen molar-refractivity contribution in [3.8, 4) is 0 Å². The van der Waals surface area contributed by atoms with Crippen molar-refractivity contribution in [1.82, 2.24) is 10.9 Å². The summed E-state index contributed by atoms with van der Waals surface area (Å²) in [5, 5.41) is 0.715. The van der Waals surface area contributed by atoms with Gasteiger partial charge in [-0.3, -0.25) is 20.4 Å². The summed E-state index contributed by atoms with van der Waals surface area (Å²) in [6.45, 7) is 1.83. The predicted molar refractivity (Wildman–Crippen MR) is 104 cm³/mol. The van der Waals surface area contributed by atoms with E-state index in [2.05, 4.69) is 10.9 Å². The monoisotopic (exact) mass is 392 g/mol. The van der Waals surface area contributed by atoms with Gasteiger partial charge in [0.1, 0.15) is 6.10 Å². The van der Waals surface area contributed by atoms with Crippen molar-refractivity contribution >= 4 is 35.2 Å². The predicted octanol–water partition coefficient (Wildman–Crippen LogP) is 3.82. The summed E-state index contributed by atoms with van der Waals surface area (Å²) in [6.07, 6.45) is -0.0550. The Labute approximate surface area is 162 Å². The van der Waals surface area contributed by atoms with E-state index in [9.17, 15) is 9.59 Å². The van der Waals surface area contributed by atoms with Crippen LogP contribution >= 0.6 is 23.4 Å². The van der Waals surface area contributed by atoms with Crippen molar-refractivity contribution in [2.75, 3.05) is 7.11 Å². The van der Waals surface area contributed by atoms with Gasteiger partial charge in [-0.2, -0.15) is 0 Å². The van der Waals surface area contributed by atoms with E-state index < -0.39 is 6.10 Å². The highest BCUT2D eigenvalue weighted by Crippen LogP contribution is 2.24. The molecule has 0 radical (unpaired) electrons. The number of hydrogen-bond acceptors (Lipinski definition) is 4. The van der Waals surface area contributed by atoms with Crippen molar-refractivity contribution in [2.45, 2.75) is 30.1 Å². The minimum atomic E-state index is -0.581. The lowest BCUT2D eigenvalue weighted by molar-refractivity contribution is -0.132. The van der Waals surface area contributed by atoms with Gasteiger partial charge in [-0.25, -0.2) is 0 Å². The van der Waals surface area contributed by atoms with Crippen molar-refractivity contribution in [2.24, 2.45) is 0 Å². The van der Waals surface area contributed by atoms with Crippen molar-refractivity contribution in [3.63, 3.8) is 0 Å². The van der Waals surface area contributed by atoms with Gasteiger partial charge in [-0.1, -0.05) is 30.7 Å². The third kappa shape index (κ3) is 6.05. The summed E-state index contributed by atoms with van der Waals surface area (Å²) in [4.78, 5) is 25.0. The fourth-order valence-corrected chi connectivity index (χ4v) is 3.16. The zero-order valence-electron chi connectivity index (χ0n) is 14.6. The second-order valence-corrected chi connectivity index (χ2v) is 7.00. The number of ether oxygens (including phenoxy) is 1. The van der Waals surface area contributed by atoms with Crippen LogP contribution in [0.5, 0.6) is 0 Å². The maximum Gasteiger partial charge on any atom is 0.269 e. The number of hydrazine groups is 1. The first kappa shape index (κ1) is 20.3. The Kier molecular flexibility index (Phi) is 7.97. The largest absolute Gasteiger partial charge is 0.372 e. The molecule has 0 heterocycles. The Morgan fingerprint density at radius 2 is 1.73 bits per heavy atom. The number of carbonyl (C=O) groups excluding carboxylic acids is 2. The van der Waals surface area contributed by atoms with Crippen LogP contribution in [0.4, 0.5) is 0 Å². The Morgan fingerprint density at radius 1 is 1.08 bits per heavy atom. The molecule has 7 heteroatoms. The molecule has 0 aromatic heterocycles. The first-order valence-electron chi connectivity index (χ1n) is 8.13. The summed E-state index contributed by atoms with van der Waals surface area (Å²) >= 11 is 7.56. The molecule has 26 heavy (non-hydrogen) atoms. The molecule has 0 aliphatic carbocycles. The van der Waals surface area contributed by atoms with Crippen LogP contribution in [0.25, 0.3) is 0 Å². The molecule has 1 unspecified atom stereocenters.